The highest BCUT2D eigenvalue weighted by molar-refractivity contribution is 6.35. The van der Waals surface area contributed by atoms with Gasteiger partial charge in [0, 0.05) is 17.6 Å². The molecule has 1 aromatic carbocycles. The van der Waals surface area contributed by atoms with Crippen molar-refractivity contribution in [3.63, 3.8) is 0 Å². The number of H-pyrrole nitrogens is 1. The predicted molar refractivity (Wildman–Crippen MR) is 51.2 cm³/mol. The van der Waals surface area contributed by atoms with Gasteiger partial charge < -0.3 is 10.7 Å². The van der Waals surface area contributed by atoms with Crippen LogP contribution in [0.1, 0.15) is 5.69 Å². The first-order chi connectivity index (χ1) is 5.81. The molecule has 0 aliphatic heterocycles. The van der Waals surface area contributed by atoms with Crippen molar-refractivity contribution >= 4 is 22.5 Å². The molecule has 12 heavy (non-hydrogen) atoms. The second-order valence-corrected chi connectivity index (χ2v) is 3.11. The van der Waals surface area contributed by atoms with Crippen LogP contribution in [0.3, 0.4) is 0 Å². The number of para-hydroxylation sites is 1. The van der Waals surface area contributed by atoms with Crippen LogP contribution in [0.25, 0.3) is 10.9 Å². The summed E-state index contributed by atoms with van der Waals surface area (Å²) in [4.78, 5) is 3.16. The minimum atomic E-state index is 0.519. The fraction of sp³-hybridized carbons (Fsp3) is 0.111. The molecule has 3 N–H and O–H groups in total. The fourth-order valence-corrected chi connectivity index (χ4v) is 1.52. The largest absolute Gasteiger partial charge is 0.356 e. The minimum Gasteiger partial charge on any atom is -0.356 e. The molecule has 2 aromatic rings. The Balaban J connectivity index is 2.74. The number of benzene rings is 1. The third kappa shape index (κ3) is 1.09. The average molecular weight is 181 g/mol. The van der Waals surface area contributed by atoms with Gasteiger partial charge in [0.1, 0.15) is 0 Å². The quantitative estimate of drug-likeness (QED) is 0.695. The Labute approximate surface area is 75.3 Å². The van der Waals surface area contributed by atoms with Crippen molar-refractivity contribution in [3.8, 4) is 0 Å². The number of hydrogen-bond donors (Lipinski definition) is 2. The highest BCUT2D eigenvalue weighted by Gasteiger charge is 2.01. The molecule has 0 unspecified atom stereocenters. The van der Waals surface area contributed by atoms with Crippen molar-refractivity contribution in [3.05, 3.63) is 35.0 Å². The Hall–Kier alpha value is -0.990. The summed E-state index contributed by atoms with van der Waals surface area (Å²) < 4.78 is 0. The van der Waals surface area contributed by atoms with Crippen LogP contribution in [-0.4, -0.2) is 4.98 Å². The van der Waals surface area contributed by atoms with Gasteiger partial charge in [0.15, 0.2) is 0 Å². The first-order valence-electron chi connectivity index (χ1n) is 3.77. The van der Waals surface area contributed by atoms with E-state index >= 15 is 0 Å². The molecular weight excluding hydrogens is 172 g/mol. The van der Waals surface area contributed by atoms with Gasteiger partial charge in [-0.15, -0.1) is 0 Å². The van der Waals surface area contributed by atoms with Crippen LogP contribution >= 0.6 is 11.6 Å². The van der Waals surface area contributed by atoms with Gasteiger partial charge in [-0.2, -0.15) is 0 Å². The molecule has 1 heterocycles. The molecule has 0 saturated carbocycles. The maximum absolute atomic E-state index is 5.96. The van der Waals surface area contributed by atoms with E-state index in [2.05, 4.69) is 4.98 Å². The molecule has 0 spiro atoms. The smallest absolute Gasteiger partial charge is 0.0647 e. The topological polar surface area (TPSA) is 41.8 Å². The number of nitrogens with two attached hydrogens (primary N) is 1. The number of rotatable bonds is 1. The predicted octanol–water partition coefficient (Wildman–Crippen LogP) is 2.28. The summed E-state index contributed by atoms with van der Waals surface area (Å²) in [6.45, 7) is 0.519. The molecule has 0 atom stereocenters. The Morgan fingerprint density at radius 1 is 1.42 bits per heavy atom. The molecule has 1 aromatic heterocycles. The maximum Gasteiger partial charge on any atom is 0.0647 e. The summed E-state index contributed by atoms with van der Waals surface area (Å²) in [6.07, 6.45) is 0. The van der Waals surface area contributed by atoms with E-state index in [1.165, 1.54) is 0 Å². The molecule has 0 aliphatic carbocycles. The molecule has 0 bridgehead atoms. The summed E-state index contributed by atoms with van der Waals surface area (Å²) in [5.74, 6) is 0. The molecule has 62 valence electrons. The van der Waals surface area contributed by atoms with Gasteiger partial charge in [-0.3, -0.25) is 0 Å². The lowest BCUT2D eigenvalue weighted by molar-refractivity contribution is 1.02. The monoisotopic (exact) mass is 180 g/mol. The molecule has 2 rings (SSSR count). The zero-order valence-corrected chi connectivity index (χ0v) is 7.23. The number of fused-ring (bicyclic) bond motifs is 1. The van der Waals surface area contributed by atoms with E-state index in [0.717, 1.165) is 21.6 Å². The Morgan fingerprint density at radius 2 is 2.25 bits per heavy atom. The van der Waals surface area contributed by atoms with E-state index in [0.29, 0.717) is 6.54 Å². The lowest BCUT2D eigenvalue weighted by atomic mass is 10.2. The van der Waals surface area contributed by atoms with Gasteiger partial charge in [0.25, 0.3) is 0 Å². The van der Waals surface area contributed by atoms with Gasteiger partial charge in [-0.05, 0) is 12.1 Å². The summed E-state index contributed by atoms with van der Waals surface area (Å²) in [5.41, 5.74) is 7.47. The van der Waals surface area contributed by atoms with E-state index in [9.17, 15) is 0 Å². The Bertz CT molecular complexity index is 406. The number of aromatic nitrogens is 1. The second kappa shape index (κ2) is 2.81. The number of aromatic amines is 1. The first-order valence-corrected chi connectivity index (χ1v) is 4.15. The maximum atomic E-state index is 5.96. The van der Waals surface area contributed by atoms with Crippen molar-refractivity contribution in [2.45, 2.75) is 6.54 Å². The highest BCUT2D eigenvalue weighted by atomic mass is 35.5. The molecule has 2 nitrogen and oxygen atoms in total. The van der Waals surface area contributed by atoms with Crippen molar-refractivity contribution in [2.75, 3.05) is 0 Å². The second-order valence-electron chi connectivity index (χ2n) is 2.70. The molecule has 0 aliphatic rings. The molecule has 0 amide bonds. The lowest BCUT2D eigenvalue weighted by Gasteiger charge is -1.91. The standard InChI is InChI=1S/C9H9ClN2/c10-8-3-1-2-6-4-7(5-11)12-9(6)8/h1-4,12H,5,11H2. The van der Waals surface area contributed by atoms with Gasteiger partial charge in [-0.1, -0.05) is 23.7 Å². The van der Waals surface area contributed by atoms with E-state index in [4.69, 9.17) is 17.3 Å². The van der Waals surface area contributed by atoms with Crippen molar-refractivity contribution in [2.24, 2.45) is 5.73 Å². The van der Waals surface area contributed by atoms with Gasteiger partial charge >= 0.3 is 0 Å². The SMILES string of the molecule is NCc1cc2cccc(Cl)c2[nH]1. The number of nitrogens with one attached hydrogen (secondary N) is 1. The highest BCUT2D eigenvalue weighted by Crippen LogP contribution is 2.22. The van der Waals surface area contributed by atoms with Crippen molar-refractivity contribution in [1.82, 2.24) is 4.98 Å². The summed E-state index contributed by atoms with van der Waals surface area (Å²) >= 11 is 5.96. The van der Waals surface area contributed by atoms with Crippen LogP contribution in [0.2, 0.25) is 5.02 Å². The van der Waals surface area contributed by atoms with Gasteiger partial charge in [0.05, 0.1) is 10.5 Å². The van der Waals surface area contributed by atoms with Crippen LogP contribution in [0, 0.1) is 0 Å². The lowest BCUT2D eigenvalue weighted by Crippen LogP contribution is -1.95. The zero-order chi connectivity index (χ0) is 8.55. The molecule has 0 fully saturated rings. The summed E-state index contributed by atoms with van der Waals surface area (Å²) in [5, 5.41) is 1.86. The van der Waals surface area contributed by atoms with Crippen LogP contribution in [0.5, 0.6) is 0 Å². The normalized spacial score (nSPS) is 10.8. The third-order valence-electron chi connectivity index (χ3n) is 1.88. The average Bonchev–Trinajstić information content (AvgIpc) is 2.49. The van der Waals surface area contributed by atoms with Crippen LogP contribution in [0.4, 0.5) is 0 Å². The van der Waals surface area contributed by atoms with E-state index in [1.54, 1.807) is 0 Å². The van der Waals surface area contributed by atoms with Crippen molar-refractivity contribution in [1.29, 1.82) is 0 Å². The Morgan fingerprint density at radius 3 is 2.92 bits per heavy atom. The first kappa shape index (κ1) is 7.65. The number of hydrogen-bond acceptors (Lipinski definition) is 1. The summed E-state index contributed by atoms with van der Waals surface area (Å²) in [6, 6.07) is 7.82. The van der Waals surface area contributed by atoms with E-state index in [1.807, 2.05) is 24.3 Å². The van der Waals surface area contributed by atoms with Crippen LogP contribution in [0.15, 0.2) is 24.3 Å². The van der Waals surface area contributed by atoms with Gasteiger partial charge in [-0.25, -0.2) is 0 Å². The summed E-state index contributed by atoms with van der Waals surface area (Å²) in [7, 11) is 0. The molecule has 0 saturated heterocycles. The van der Waals surface area contributed by atoms with E-state index < -0.39 is 0 Å². The van der Waals surface area contributed by atoms with Gasteiger partial charge in [0.2, 0.25) is 0 Å². The minimum absolute atomic E-state index is 0.519. The molecule has 0 radical (unpaired) electrons. The van der Waals surface area contributed by atoms with Crippen molar-refractivity contribution < 1.29 is 0 Å². The third-order valence-corrected chi connectivity index (χ3v) is 2.20. The molecular formula is C9H9ClN2. The number of halogens is 1. The Kier molecular flexibility index (Phi) is 1.79. The van der Waals surface area contributed by atoms with Crippen LogP contribution in [-0.2, 0) is 6.54 Å². The zero-order valence-electron chi connectivity index (χ0n) is 6.47. The molecule has 3 heteroatoms. The van der Waals surface area contributed by atoms with E-state index in [-0.39, 0.29) is 0 Å². The van der Waals surface area contributed by atoms with Crippen LogP contribution < -0.4 is 5.73 Å². The fourth-order valence-electron chi connectivity index (χ4n) is 1.29.